The smallest absolute Gasteiger partial charge is 0.410 e. The van der Waals surface area contributed by atoms with Crippen LogP contribution < -0.4 is 0 Å². The molecule has 5 heteroatoms. The van der Waals surface area contributed by atoms with E-state index in [1.54, 1.807) is 4.90 Å². The van der Waals surface area contributed by atoms with Gasteiger partial charge in [-0.25, -0.2) is 9.48 Å². The molecule has 1 aliphatic heterocycles. The fourth-order valence-corrected chi connectivity index (χ4v) is 2.50. The Morgan fingerprint density at radius 2 is 2.09 bits per heavy atom. The summed E-state index contributed by atoms with van der Waals surface area (Å²) >= 11 is 0. The van der Waals surface area contributed by atoms with E-state index in [-0.39, 0.29) is 6.09 Å². The first-order valence-corrected chi connectivity index (χ1v) is 7.69. The van der Waals surface area contributed by atoms with Crippen molar-refractivity contribution in [3.63, 3.8) is 0 Å². The number of allylic oxidation sites excluding steroid dienone is 4. The van der Waals surface area contributed by atoms with Crippen molar-refractivity contribution in [2.45, 2.75) is 53.2 Å². The topological polar surface area (TPSA) is 47.4 Å². The van der Waals surface area contributed by atoms with Crippen molar-refractivity contribution in [1.29, 1.82) is 0 Å². The first-order chi connectivity index (χ1) is 10.4. The number of nitrogens with zero attached hydrogens (tertiary/aromatic N) is 3. The molecule has 1 amide bonds. The molecule has 0 radical (unpaired) electrons. The second kappa shape index (κ2) is 6.38. The number of hydrogen-bond acceptors (Lipinski definition) is 3. The van der Waals surface area contributed by atoms with Crippen molar-refractivity contribution in [3.05, 3.63) is 35.7 Å². The van der Waals surface area contributed by atoms with E-state index in [2.05, 4.69) is 5.10 Å². The summed E-state index contributed by atoms with van der Waals surface area (Å²) in [5.41, 5.74) is 2.84. The van der Waals surface area contributed by atoms with E-state index < -0.39 is 5.60 Å². The monoisotopic (exact) mass is 303 g/mol. The van der Waals surface area contributed by atoms with Gasteiger partial charge in [0.25, 0.3) is 0 Å². The molecular weight excluding hydrogens is 278 g/mol. The molecule has 0 bridgehead atoms. The van der Waals surface area contributed by atoms with Gasteiger partial charge in [-0.2, -0.15) is 5.10 Å². The average Bonchev–Trinajstić information content (AvgIpc) is 2.85. The van der Waals surface area contributed by atoms with Crippen molar-refractivity contribution in [2.75, 3.05) is 6.54 Å². The highest BCUT2D eigenvalue weighted by molar-refractivity contribution is 5.68. The Kier molecular flexibility index (Phi) is 4.74. The molecule has 0 atom stereocenters. The number of fused-ring (bicyclic) bond motifs is 1. The lowest BCUT2D eigenvalue weighted by atomic mass is 10.1. The van der Waals surface area contributed by atoms with Crippen LogP contribution in [0.4, 0.5) is 4.79 Å². The number of aromatic nitrogens is 2. The van der Waals surface area contributed by atoms with Crippen molar-refractivity contribution in [1.82, 2.24) is 14.7 Å². The van der Waals surface area contributed by atoms with Gasteiger partial charge in [0.05, 0.1) is 24.1 Å². The van der Waals surface area contributed by atoms with E-state index in [9.17, 15) is 4.79 Å². The third-order valence-corrected chi connectivity index (χ3v) is 3.46. The molecule has 1 aliphatic rings. The van der Waals surface area contributed by atoms with Crippen molar-refractivity contribution < 1.29 is 9.53 Å². The summed E-state index contributed by atoms with van der Waals surface area (Å²) in [6.45, 7) is 10.8. The number of ether oxygens (including phenoxy) is 1. The SMILES string of the molecule is C/C=C\C(=C/C)n1ncc2c1CCN(C(=O)OC(C)(C)C)C2. The molecule has 0 unspecified atom stereocenters. The van der Waals surface area contributed by atoms with Gasteiger partial charge in [-0.05, 0) is 40.7 Å². The lowest BCUT2D eigenvalue weighted by Gasteiger charge is -2.30. The molecule has 0 aromatic carbocycles. The van der Waals surface area contributed by atoms with Crippen LogP contribution in [-0.4, -0.2) is 32.9 Å². The molecule has 0 aliphatic carbocycles. The van der Waals surface area contributed by atoms with Gasteiger partial charge in [0.15, 0.2) is 0 Å². The summed E-state index contributed by atoms with van der Waals surface area (Å²) in [5.74, 6) is 0. The summed E-state index contributed by atoms with van der Waals surface area (Å²) in [7, 11) is 0. The molecule has 0 spiro atoms. The van der Waals surface area contributed by atoms with Crippen LogP contribution in [-0.2, 0) is 17.7 Å². The number of carbonyl (C=O) groups is 1. The Morgan fingerprint density at radius 3 is 2.68 bits per heavy atom. The van der Waals surface area contributed by atoms with Gasteiger partial charge in [-0.15, -0.1) is 0 Å². The van der Waals surface area contributed by atoms with Crippen LogP contribution in [0.5, 0.6) is 0 Å². The summed E-state index contributed by atoms with van der Waals surface area (Å²) in [4.78, 5) is 13.9. The maximum atomic E-state index is 12.2. The maximum absolute atomic E-state index is 12.2. The van der Waals surface area contributed by atoms with Crippen molar-refractivity contribution in [2.24, 2.45) is 0 Å². The zero-order chi connectivity index (χ0) is 16.3. The Hall–Kier alpha value is -2.04. The minimum absolute atomic E-state index is 0.259. The molecule has 0 saturated heterocycles. The van der Waals surface area contributed by atoms with Gasteiger partial charge in [0.1, 0.15) is 5.60 Å². The molecular formula is C17H25N3O2. The minimum Gasteiger partial charge on any atom is -0.444 e. The summed E-state index contributed by atoms with van der Waals surface area (Å²) in [6, 6.07) is 0. The summed E-state index contributed by atoms with van der Waals surface area (Å²) in [5, 5.41) is 4.47. The van der Waals surface area contributed by atoms with E-state index in [0.29, 0.717) is 13.1 Å². The van der Waals surface area contributed by atoms with Crippen LogP contribution in [0.3, 0.4) is 0 Å². The van der Waals surface area contributed by atoms with Crippen LogP contribution in [0, 0.1) is 0 Å². The van der Waals surface area contributed by atoms with E-state index in [1.165, 1.54) is 5.69 Å². The third kappa shape index (κ3) is 3.59. The molecule has 0 fully saturated rings. The first kappa shape index (κ1) is 16.3. The van der Waals surface area contributed by atoms with Gasteiger partial charge in [-0.3, -0.25) is 0 Å². The highest BCUT2D eigenvalue weighted by Crippen LogP contribution is 2.23. The largest absolute Gasteiger partial charge is 0.444 e. The highest BCUT2D eigenvalue weighted by Gasteiger charge is 2.27. The molecule has 120 valence electrons. The van der Waals surface area contributed by atoms with Crippen LogP contribution in [0.25, 0.3) is 5.70 Å². The van der Waals surface area contributed by atoms with Crippen LogP contribution in [0.15, 0.2) is 24.4 Å². The molecule has 0 N–H and O–H groups in total. The van der Waals surface area contributed by atoms with Crippen LogP contribution in [0.2, 0.25) is 0 Å². The molecule has 0 saturated carbocycles. The molecule has 1 aromatic rings. The van der Waals surface area contributed by atoms with E-state index in [1.807, 2.05) is 63.7 Å². The molecule has 22 heavy (non-hydrogen) atoms. The van der Waals surface area contributed by atoms with Gasteiger partial charge in [0.2, 0.25) is 0 Å². The Labute approximate surface area is 132 Å². The number of rotatable bonds is 2. The summed E-state index contributed by atoms with van der Waals surface area (Å²) in [6.07, 6.45) is 8.44. The third-order valence-electron chi connectivity index (χ3n) is 3.46. The predicted molar refractivity (Wildman–Crippen MR) is 87.3 cm³/mol. The zero-order valence-electron chi connectivity index (χ0n) is 14.1. The van der Waals surface area contributed by atoms with Crippen LogP contribution in [0.1, 0.15) is 45.9 Å². The van der Waals surface area contributed by atoms with E-state index >= 15 is 0 Å². The van der Waals surface area contributed by atoms with Crippen LogP contribution >= 0.6 is 0 Å². The fraction of sp³-hybridized carbons (Fsp3) is 0.529. The fourth-order valence-electron chi connectivity index (χ4n) is 2.50. The average molecular weight is 303 g/mol. The lowest BCUT2D eigenvalue weighted by molar-refractivity contribution is 0.0223. The number of hydrogen-bond donors (Lipinski definition) is 0. The van der Waals surface area contributed by atoms with Gasteiger partial charge >= 0.3 is 6.09 Å². The second-order valence-electron chi connectivity index (χ2n) is 6.39. The first-order valence-electron chi connectivity index (χ1n) is 7.69. The zero-order valence-corrected chi connectivity index (χ0v) is 14.1. The Bertz CT molecular complexity index is 606. The van der Waals surface area contributed by atoms with E-state index in [0.717, 1.165) is 17.7 Å². The van der Waals surface area contributed by atoms with Gasteiger partial charge in [-0.1, -0.05) is 12.2 Å². The quantitative estimate of drug-likeness (QED) is 0.784. The summed E-state index contributed by atoms with van der Waals surface area (Å²) < 4.78 is 7.40. The Balaban J connectivity index is 2.17. The van der Waals surface area contributed by atoms with Crippen molar-refractivity contribution >= 4 is 11.8 Å². The van der Waals surface area contributed by atoms with Gasteiger partial charge < -0.3 is 9.64 Å². The Morgan fingerprint density at radius 1 is 1.36 bits per heavy atom. The minimum atomic E-state index is -0.467. The lowest BCUT2D eigenvalue weighted by Crippen LogP contribution is -2.40. The second-order valence-corrected chi connectivity index (χ2v) is 6.39. The standard InChI is InChI=1S/C17H25N3O2/c1-6-8-14(7-2)20-15-9-10-19(12-13(15)11-18-20)16(21)22-17(3,4)5/h6-8,11H,9-10,12H2,1-5H3/b8-6-,14-7+. The van der Waals surface area contributed by atoms with Crippen molar-refractivity contribution in [3.8, 4) is 0 Å². The van der Waals surface area contributed by atoms with E-state index in [4.69, 9.17) is 4.74 Å². The number of amides is 1. The predicted octanol–water partition coefficient (Wildman–Crippen LogP) is 3.61. The highest BCUT2D eigenvalue weighted by atomic mass is 16.6. The molecule has 2 rings (SSSR count). The normalized spacial score (nSPS) is 16.0. The molecule has 2 heterocycles. The molecule has 1 aromatic heterocycles. The number of carbonyl (C=O) groups excluding carboxylic acids is 1. The van der Waals surface area contributed by atoms with Gasteiger partial charge in [0, 0.05) is 18.5 Å². The molecule has 5 nitrogen and oxygen atoms in total. The maximum Gasteiger partial charge on any atom is 0.410 e.